The maximum atomic E-state index is 12.9. The lowest BCUT2D eigenvalue weighted by Gasteiger charge is -2.18. The van der Waals surface area contributed by atoms with Gasteiger partial charge < -0.3 is 15.6 Å². The summed E-state index contributed by atoms with van der Waals surface area (Å²) in [5.41, 5.74) is 5.60. The van der Waals surface area contributed by atoms with Crippen LogP contribution in [0.1, 0.15) is 18.6 Å². The molecule has 0 spiro atoms. The molecule has 2 unspecified atom stereocenters. The molecule has 1 rings (SSSR count). The van der Waals surface area contributed by atoms with E-state index in [0.717, 1.165) is 12.1 Å². The second-order valence-electron chi connectivity index (χ2n) is 3.31. The number of aliphatic hydroxyl groups is 1. The Labute approximate surface area is 86.5 Å². The molecular formula is C10H13F2NO2. The molecule has 0 heterocycles. The summed E-state index contributed by atoms with van der Waals surface area (Å²) in [6.07, 6.45) is -1.09. The minimum absolute atomic E-state index is 0.0821. The van der Waals surface area contributed by atoms with Gasteiger partial charge in [-0.05, 0) is 13.0 Å². The van der Waals surface area contributed by atoms with Crippen LogP contribution in [0.4, 0.5) is 8.78 Å². The van der Waals surface area contributed by atoms with Crippen LogP contribution < -0.4 is 10.5 Å². The number of aliphatic hydroxyl groups excluding tert-OH is 1. The van der Waals surface area contributed by atoms with Gasteiger partial charge in [-0.3, -0.25) is 0 Å². The Morgan fingerprint density at radius 3 is 2.33 bits per heavy atom. The summed E-state index contributed by atoms with van der Waals surface area (Å²) in [5, 5.41) is 9.63. The molecule has 0 aliphatic heterocycles. The average molecular weight is 217 g/mol. The minimum atomic E-state index is -1.09. The fourth-order valence-electron chi connectivity index (χ4n) is 1.24. The van der Waals surface area contributed by atoms with Crippen molar-refractivity contribution >= 4 is 0 Å². The van der Waals surface area contributed by atoms with Crippen LogP contribution in [-0.2, 0) is 0 Å². The molecule has 15 heavy (non-hydrogen) atoms. The first-order valence-corrected chi connectivity index (χ1v) is 4.44. The average Bonchev–Trinajstić information content (AvgIpc) is 2.20. The van der Waals surface area contributed by atoms with Crippen LogP contribution in [0.5, 0.6) is 5.75 Å². The van der Waals surface area contributed by atoms with Crippen molar-refractivity contribution in [1.29, 1.82) is 0 Å². The summed E-state index contributed by atoms with van der Waals surface area (Å²) in [6.45, 7) is 1.56. The molecule has 3 nitrogen and oxygen atoms in total. The smallest absolute Gasteiger partial charge is 0.162 e. The van der Waals surface area contributed by atoms with Crippen LogP contribution >= 0.6 is 0 Å². The van der Waals surface area contributed by atoms with Gasteiger partial charge in [0.25, 0.3) is 0 Å². The SMILES string of the molecule is COc1cc(F)c(F)cc1C(O)C(C)N. The summed E-state index contributed by atoms with van der Waals surface area (Å²) in [7, 11) is 1.31. The fraction of sp³-hybridized carbons (Fsp3) is 0.400. The van der Waals surface area contributed by atoms with E-state index < -0.39 is 23.8 Å². The lowest BCUT2D eigenvalue weighted by Crippen LogP contribution is -2.25. The van der Waals surface area contributed by atoms with E-state index >= 15 is 0 Å². The number of benzene rings is 1. The van der Waals surface area contributed by atoms with Crippen molar-refractivity contribution in [2.45, 2.75) is 19.1 Å². The van der Waals surface area contributed by atoms with Gasteiger partial charge in [-0.2, -0.15) is 0 Å². The Bertz CT molecular complexity index is 356. The van der Waals surface area contributed by atoms with E-state index in [1.807, 2.05) is 0 Å². The lowest BCUT2D eigenvalue weighted by atomic mass is 10.0. The maximum Gasteiger partial charge on any atom is 0.162 e. The summed E-state index contributed by atoms with van der Waals surface area (Å²) in [6, 6.07) is 1.18. The molecule has 1 aromatic carbocycles. The van der Waals surface area contributed by atoms with Crippen molar-refractivity contribution in [3.63, 3.8) is 0 Å². The number of ether oxygens (including phenoxy) is 1. The standard InChI is InChI=1S/C10H13F2NO2/c1-5(13)10(14)6-3-7(11)8(12)4-9(6)15-2/h3-5,10,14H,13H2,1-2H3. The van der Waals surface area contributed by atoms with Crippen molar-refractivity contribution in [2.24, 2.45) is 5.73 Å². The molecule has 0 saturated heterocycles. The van der Waals surface area contributed by atoms with Crippen LogP contribution in [0.2, 0.25) is 0 Å². The van der Waals surface area contributed by atoms with Gasteiger partial charge in [0, 0.05) is 17.7 Å². The zero-order valence-electron chi connectivity index (χ0n) is 8.50. The summed E-state index contributed by atoms with van der Waals surface area (Å²) >= 11 is 0. The highest BCUT2D eigenvalue weighted by Crippen LogP contribution is 2.28. The number of hydrogen-bond acceptors (Lipinski definition) is 3. The van der Waals surface area contributed by atoms with E-state index in [9.17, 15) is 13.9 Å². The van der Waals surface area contributed by atoms with Gasteiger partial charge in [-0.1, -0.05) is 0 Å². The number of hydrogen-bond donors (Lipinski definition) is 2. The van der Waals surface area contributed by atoms with Gasteiger partial charge in [-0.15, -0.1) is 0 Å². The van der Waals surface area contributed by atoms with Crippen LogP contribution in [0.25, 0.3) is 0 Å². The van der Waals surface area contributed by atoms with Crippen molar-refractivity contribution in [3.05, 3.63) is 29.3 Å². The quantitative estimate of drug-likeness (QED) is 0.803. The predicted octanol–water partition coefficient (Wildman–Crippen LogP) is 1.35. The summed E-state index contributed by atoms with van der Waals surface area (Å²) < 4.78 is 30.6. The largest absolute Gasteiger partial charge is 0.496 e. The predicted molar refractivity (Wildman–Crippen MR) is 51.5 cm³/mol. The van der Waals surface area contributed by atoms with E-state index in [1.54, 1.807) is 6.92 Å². The first kappa shape index (κ1) is 11.9. The van der Waals surface area contributed by atoms with E-state index in [0.29, 0.717) is 0 Å². The summed E-state index contributed by atoms with van der Waals surface area (Å²) in [5.74, 6) is -1.98. The molecule has 0 radical (unpaired) electrons. The Hall–Kier alpha value is -1.20. The van der Waals surface area contributed by atoms with E-state index in [1.165, 1.54) is 7.11 Å². The van der Waals surface area contributed by atoms with Crippen molar-refractivity contribution in [1.82, 2.24) is 0 Å². The Kier molecular flexibility index (Phi) is 3.60. The van der Waals surface area contributed by atoms with Crippen molar-refractivity contribution < 1.29 is 18.6 Å². The Balaban J connectivity index is 3.21. The molecule has 5 heteroatoms. The second-order valence-corrected chi connectivity index (χ2v) is 3.31. The monoisotopic (exact) mass is 217 g/mol. The van der Waals surface area contributed by atoms with Crippen LogP contribution in [0.3, 0.4) is 0 Å². The lowest BCUT2D eigenvalue weighted by molar-refractivity contribution is 0.149. The number of methoxy groups -OCH3 is 1. The first-order valence-electron chi connectivity index (χ1n) is 4.44. The van der Waals surface area contributed by atoms with Crippen molar-refractivity contribution in [3.8, 4) is 5.75 Å². The zero-order valence-corrected chi connectivity index (χ0v) is 8.50. The second kappa shape index (κ2) is 4.55. The highest BCUT2D eigenvalue weighted by atomic mass is 19.2. The maximum absolute atomic E-state index is 12.9. The summed E-state index contributed by atoms with van der Waals surface area (Å²) in [4.78, 5) is 0. The van der Waals surface area contributed by atoms with Gasteiger partial charge in [0.05, 0.1) is 13.2 Å². The molecule has 0 amide bonds. The number of nitrogens with two attached hydrogens (primary N) is 1. The Morgan fingerprint density at radius 2 is 1.87 bits per heavy atom. The molecular weight excluding hydrogens is 204 g/mol. The highest BCUT2D eigenvalue weighted by Gasteiger charge is 2.20. The molecule has 0 aliphatic rings. The van der Waals surface area contributed by atoms with E-state index in [4.69, 9.17) is 10.5 Å². The number of rotatable bonds is 3. The van der Waals surface area contributed by atoms with E-state index in [-0.39, 0.29) is 11.3 Å². The zero-order chi connectivity index (χ0) is 11.6. The van der Waals surface area contributed by atoms with Gasteiger partial charge in [0.15, 0.2) is 11.6 Å². The third-order valence-corrected chi connectivity index (χ3v) is 2.09. The minimum Gasteiger partial charge on any atom is -0.496 e. The first-order chi connectivity index (χ1) is 6.97. The molecule has 0 bridgehead atoms. The van der Waals surface area contributed by atoms with Gasteiger partial charge >= 0.3 is 0 Å². The third-order valence-electron chi connectivity index (χ3n) is 2.09. The van der Waals surface area contributed by atoms with Crippen LogP contribution in [-0.4, -0.2) is 18.3 Å². The molecule has 84 valence electrons. The van der Waals surface area contributed by atoms with Gasteiger partial charge in [-0.25, -0.2) is 8.78 Å². The van der Waals surface area contributed by atoms with E-state index in [2.05, 4.69) is 0 Å². The third kappa shape index (κ3) is 2.43. The van der Waals surface area contributed by atoms with Crippen molar-refractivity contribution in [2.75, 3.05) is 7.11 Å². The fourth-order valence-corrected chi connectivity index (χ4v) is 1.24. The molecule has 1 aromatic rings. The van der Waals surface area contributed by atoms with Crippen LogP contribution in [0.15, 0.2) is 12.1 Å². The molecule has 0 fully saturated rings. The van der Waals surface area contributed by atoms with Gasteiger partial charge in [0.2, 0.25) is 0 Å². The number of halogens is 2. The van der Waals surface area contributed by atoms with Crippen LogP contribution in [0, 0.1) is 11.6 Å². The highest BCUT2D eigenvalue weighted by molar-refractivity contribution is 5.37. The normalized spacial score (nSPS) is 14.8. The molecule has 0 aliphatic carbocycles. The molecule has 3 N–H and O–H groups in total. The van der Waals surface area contributed by atoms with Gasteiger partial charge in [0.1, 0.15) is 5.75 Å². The molecule has 0 aromatic heterocycles. The topological polar surface area (TPSA) is 55.5 Å². The molecule has 2 atom stereocenters. The molecule has 0 saturated carbocycles. The Morgan fingerprint density at radius 1 is 1.33 bits per heavy atom.